The molecule has 0 aliphatic carbocycles. The van der Waals surface area contributed by atoms with Crippen LogP contribution < -0.4 is 4.90 Å². The second-order valence-corrected chi connectivity index (χ2v) is 10.0. The number of alkyl halides is 3. The lowest BCUT2D eigenvalue weighted by molar-refractivity contribution is -0.137. The first-order valence-electron chi connectivity index (χ1n) is 13.3. The second kappa shape index (κ2) is 10.7. The zero-order valence-electron chi connectivity index (χ0n) is 22.3. The molecule has 5 aromatic rings. The maximum Gasteiger partial charge on any atom is 0.416 e. The van der Waals surface area contributed by atoms with Crippen molar-refractivity contribution < 1.29 is 18.0 Å². The highest BCUT2D eigenvalue weighted by molar-refractivity contribution is 5.95. The predicted octanol–water partition coefficient (Wildman–Crippen LogP) is 5.70. The summed E-state index contributed by atoms with van der Waals surface area (Å²) in [6.07, 6.45) is -3.97. The van der Waals surface area contributed by atoms with Gasteiger partial charge in [-0.25, -0.2) is 14.6 Å². The number of aryl methyl sites for hydroxylation is 1. The van der Waals surface area contributed by atoms with Crippen LogP contribution in [0.5, 0.6) is 0 Å². The van der Waals surface area contributed by atoms with Gasteiger partial charge < -0.3 is 9.80 Å². The van der Waals surface area contributed by atoms with E-state index in [1.165, 1.54) is 12.1 Å². The maximum absolute atomic E-state index is 13.2. The minimum atomic E-state index is -4.51. The van der Waals surface area contributed by atoms with Crippen LogP contribution in [0.3, 0.4) is 0 Å². The van der Waals surface area contributed by atoms with Gasteiger partial charge in [0.1, 0.15) is 11.6 Å². The topological polar surface area (TPSA) is 67.2 Å². The first-order valence-corrected chi connectivity index (χ1v) is 13.3. The van der Waals surface area contributed by atoms with Gasteiger partial charge in [0.2, 0.25) is 0 Å². The molecule has 6 rings (SSSR count). The standard InChI is InChI=1S/C31H27F3N6O/c1-21-27-28(38-15-17-39(18-16-38)30(41)23-11-8-12-24(20-23)31(32,33)34)35-26(19-22-9-4-2-5-10-22)36-29(27)40(37-21)25-13-6-3-7-14-25/h2-14,20H,15-19H2,1H3. The van der Waals surface area contributed by atoms with Gasteiger partial charge in [-0.05, 0) is 42.8 Å². The molecule has 1 fully saturated rings. The van der Waals surface area contributed by atoms with E-state index in [1.807, 2.05) is 72.3 Å². The van der Waals surface area contributed by atoms with Gasteiger partial charge >= 0.3 is 6.18 Å². The van der Waals surface area contributed by atoms with E-state index in [2.05, 4.69) is 4.90 Å². The summed E-state index contributed by atoms with van der Waals surface area (Å²) >= 11 is 0. The third kappa shape index (κ3) is 5.37. The number of rotatable bonds is 5. The Kier molecular flexibility index (Phi) is 6.90. The molecule has 0 saturated carbocycles. The van der Waals surface area contributed by atoms with Crippen molar-refractivity contribution in [2.24, 2.45) is 0 Å². The van der Waals surface area contributed by atoms with Gasteiger partial charge in [0, 0.05) is 38.2 Å². The minimum Gasteiger partial charge on any atom is -0.352 e. The van der Waals surface area contributed by atoms with E-state index < -0.39 is 17.6 Å². The Morgan fingerprint density at radius 1 is 0.854 bits per heavy atom. The number of para-hydroxylation sites is 1. The molecule has 1 aliphatic rings. The molecule has 3 heterocycles. The Morgan fingerprint density at radius 3 is 2.22 bits per heavy atom. The lowest BCUT2D eigenvalue weighted by atomic mass is 10.1. The van der Waals surface area contributed by atoms with Crippen molar-refractivity contribution in [3.63, 3.8) is 0 Å². The number of nitrogens with zero attached hydrogens (tertiary/aromatic N) is 6. The Morgan fingerprint density at radius 2 is 1.54 bits per heavy atom. The lowest BCUT2D eigenvalue weighted by Gasteiger charge is -2.36. The van der Waals surface area contributed by atoms with Crippen molar-refractivity contribution >= 4 is 22.8 Å². The van der Waals surface area contributed by atoms with E-state index in [0.717, 1.165) is 40.3 Å². The zero-order chi connectivity index (χ0) is 28.6. The van der Waals surface area contributed by atoms with Gasteiger partial charge in [-0.2, -0.15) is 18.3 Å². The largest absolute Gasteiger partial charge is 0.416 e. The fraction of sp³-hybridized carbons (Fsp3) is 0.226. The van der Waals surface area contributed by atoms with Crippen molar-refractivity contribution in [2.45, 2.75) is 19.5 Å². The SMILES string of the molecule is Cc1nn(-c2ccccc2)c2nc(Cc3ccccc3)nc(N3CCN(C(=O)c4cccc(C(F)(F)F)c4)CC3)c12. The number of benzene rings is 3. The minimum absolute atomic E-state index is 0.0304. The van der Waals surface area contributed by atoms with Gasteiger partial charge in [-0.15, -0.1) is 0 Å². The highest BCUT2D eigenvalue weighted by Crippen LogP contribution is 2.32. The molecule has 0 bridgehead atoms. The Bertz CT molecular complexity index is 1690. The van der Waals surface area contributed by atoms with Gasteiger partial charge in [0.25, 0.3) is 5.91 Å². The van der Waals surface area contributed by atoms with Crippen LogP contribution in [0.25, 0.3) is 16.7 Å². The molecular formula is C31H27F3N6O. The van der Waals surface area contributed by atoms with Gasteiger partial charge in [-0.3, -0.25) is 4.79 Å². The summed E-state index contributed by atoms with van der Waals surface area (Å²) < 4.78 is 41.4. The van der Waals surface area contributed by atoms with E-state index >= 15 is 0 Å². The summed E-state index contributed by atoms with van der Waals surface area (Å²) in [6, 6.07) is 24.4. The maximum atomic E-state index is 13.2. The van der Waals surface area contributed by atoms with Crippen LogP contribution in [0.1, 0.15) is 33.0 Å². The number of amides is 1. The Balaban J connectivity index is 1.32. The molecule has 3 aromatic carbocycles. The van der Waals surface area contributed by atoms with Crippen LogP contribution in [-0.4, -0.2) is 56.7 Å². The van der Waals surface area contributed by atoms with E-state index in [0.29, 0.717) is 44.1 Å². The average Bonchev–Trinajstić information content (AvgIpc) is 3.33. The number of aromatic nitrogens is 4. The summed E-state index contributed by atoms with van der Waals surface area (Å²) in [5, 5.41) is 5.64. The third-order valence-electron chi connectivity index (χ3n) is 7.24. The Hall–Kier alpha value is -4.73. The second-order valence-electron chi connectivity index (χ2n) is 10.0. The molecule has 2 aromatic heterocycles. The molecule has 0 spiro atoms. The van der Waals surface area contributed by atoms with Crippen LogP contribution in [0.4, 0.5) is 19.0 Å². The molecule has 208 valence electrons. The summed E-state index contributed by atoms with van der Waals surface area (Å²) in [7, 11) is 0. The molecule has 7 nitrogen and oxygen atoms in total. The number of carbonyl (C=O) groups is 1. The molecular weight excluding hydrogens is 529 g/mol. The summed E-state index contributed by atoms with van der Waals surface area (Å²) in [4.78, 5) is 26.7. The quantitative estimate of drug-likeness (QED) is 0.278. The lowest BCUT2D eigenvalue weighted by Crippen LogP contribution is -2.49. The molecule has 0 atom stereocenters. The number of fused-ring (bicyclic) bond motifs is 1. The number of anilines is 1. The van der Waals surface area contributed by atoms with Crippen molar-refractivity contribution in [3.05, 3.63) is 113 Å². The average molecular weight is 557 g/mol. The fourth-order valence-electron chi connectivity index (χ4n) is 5.17. The molecule has 0 radical (unpaired) electrons. The van der Waals surface area contributed by atoms with Crippen molar-refractivity contribution in [2.75, 3.05) is 31.1 Å². The van der Waals surface area contributed by atoms with Crippen molar-refractivity contribution in [3.8, 4) is 5.69 Å². The van der Waals surface area contributed by atoms with Gasteiger partial charge in [0.15, 0.2) is 5.65 Å². The van der Waals surface area contributed by atoms with Crippen LogP contribution in [-0.2, 0) is 12.6 Å². The summed E-state index contributed by atoms with van der Waals surface area (Å²) in [5.41, 5.74) is 2.65. The number of halogens is 3. The molecule has 0 N–H and O–H groups in total. The summed E-state index contributed by atoms with van der Waals surface area (Å²) in [6.45, 7) is 3.56. The number of piperazine rings is 1. The van der Waals surface area contributed by atoms with Crippen molar-refractivity contribution in [1.82, 2.24) is 24.6 Å². The number of carbonyl (C=O) groups excluding carboxylic acids is 1. The fourth-order valence-corrected chi connectivity index (χ4v) is 5.17. The van der Waals surface area contributed by atoms with Crippen LogP contribution in [0.2, 0.25) is 0 Å². The van der Waals surface area contributed by atoms with E-state index in [9.17, 15) is 18.0 Å². The number of hydrogen-bond donors (Lipinski definition) is 0. The van der Waals surface area contributed by atoms with E-state index in [-0.39, 0.29) is 5.56 Å². The first kappa shape index (κ1) is 26.5. The molecule has 1 saturated heterocycles. The van der Waals surface area contributed by atoms with Crippen LogP contribution >= 0.6 is 0 Å². The van der Waals surface area contributed by atoms with E-state index in [4.69, 9.17) is 15.1 Å². The zero-order valence-corrected chi connectivity index (χ0v) is 22.3. The predicted molar refractivity (Wildman–Crippen MR) is 150 cm³/mol. The normalized spacial score (nSPS) is 14.0. The van der Waals surface area contributed by atoms with Gasteiger partial charge in [-0.1, -0.05) is 54.6 Å². The highest BCUT2D eigenvalue weighted by Gasteiger charge is 2.32. The smallest absolute Gasteiger partial charge is 0.352 e. The van der Waals surface area contributed by atoms with Crippen LogP contribution in [0, 0.1) is 6.92 Å². The third-order valence-corrected chi connectivity index (χ3v) is 7.24. The Labute approximate surface area is 234 Å². The first-order chi connectivity index (χ1) is 19.8. The molecule has 41 heavy (non-hydrogen) atoms. The number of hydrogen-bond acceptors (Lipinski definition) is 5. The molecule has 1 amide bonds. The highest BCUT2D eigenvalue weighted by atomic mass is 19.4. The summed E-state index contributed by atoms with van der Waals surface area (Å²) in [5.74, 6) is 0.978. The van der Waals surface area contributed by atoms with Gasteiger partial charge in [0.05, 0.1) is 22.3 Å². The van der Waals surface area contributed by atoms with Crippen molar-refractivity contribution in [1.29, 1.82) is 0 Å². The van der Waals surface area contributed by atoms with E-state index in [1.54, 1.807) is 4.90 Å². The van der Waals surface area contributed by atoms with Crippen LogP contribution in [0.15, 0.2) is 84.9 Å². The monoisotopic (exact) mass is 556 g/mol. The molecule has 0 unspecified atom stereocenters. The molecule has 10 heteroatoms. The molecule has 1 aliphatic heterocycles.